The smallest absolute Gasteiger partial charge is 0.0972 e. The van der Waals surface area contributed by atoms with Crippen LogP contribution in [0.3, 0.4) is 0 Å². The van der Waals surface area contributed by atoms with E-state index in [1.54, 1.807) is 12.4 Å². The molecule has 0 aliphatic heterocycles. The number of rotatable bonds is 4. The summed E-state index contributed by atoms with van der Waals surface area (Å²) in [4.78, 5) is 23.5. The molecule has 0 atom stereocenters. The van der Waals surface area contributed by atoms with Gasteiger partial charge < -0.3 is 0 Å². The van der Waals surface area contributed by atoms with E-state index in [0.29, 0.717) is 0 Å². The average molecular weight is 488 g/mol. The third-order valence-corrected chi connectivity index (χ3v) is 6.63. The van der Waals surface area contributed by atoms with Gasteiger partial charge in [0.2, 0.25) is 0 Å². The first kappa shape index (κ1) is 21.9. The van der Waals surface area contributed by atoms with Crippen molar-refractivity contribution in [3.8, 4) is 45.2 Å². The van der Waals surface area contributed by atoms with E-state index in [2.05, 4.69) is 81.7 Å². The van der Waals surface area contributed by atoms with Crippen LogP contribution in [0.4, 0.5) is 0 Å². The molecule has 5 nitrogen and oxygen atoms in total. The fourth-order valence-electron chi connectivity index (χ4n) is 4.71. The number of hydrogen-bond donors (Lipinski definition) is 0. The van der Waals surface area contributed by atoms with Crippen LogP contribution in [-0.4, -0.2) is 24.9 Å². The van der Waals surface area contributed by atoms with E-state index in [-0.39, 0.29) is 0 Å². The monoisotopic (exact) mass is 487 g/mol. The van der Waals surface area contributed by atoms with Crippen LogP contribution in [0.5, 0.6) is 0 Å². The van der Waals surface area contributed by atoms with Gasteiger partial charge in [0.25, 0.3) is 0 Å². The van der Waals surface area contributed by atoms with Crippen LogP contribution in [0.25, 0.3) is 67.0 Å². The summed E-state index contributed by atoms with van der Waals surface area (Å²) >= 11 is 0. The maximum Gasteiger partial charge on any atom is 0.0972 e. The Kier molecular flexibility index (Phi) is 5.37. The summed E-state index contributed by atoms with van der Waals surface area (Å²) in [7, 11) is 0. The predicted molar refractivity (Wildman–Crippen MR) is 152 cm³/mol. The molecule has 0 unspecified atom stereocenters. The van der Waals surface area contributed by atoms with Gasteiger partial charge in [-0.3, -0.25) is 15.0 Å². The van der Waals surface area contributed by atoms with Crippen LogP contribution < -0.4 is 0 Å². The van der Waals surface area contributed by atoms with Crippen molar-refractivity contribution in [1.29, 1.82) is 0 Å². The van der Waals surface area contributed by atoms with E-state index >= 15 is 0 Å². The highest BCUT2D eigenvalue weighted by molar-refractivity contribution is 6.03. The van der Waals surface area contributed by atoms with Gasteiger partial charge >= 0.3 is 0 Å². The second-order valence-corrected chi connectivity index (χ2v) is 9.04. The number of nitrogens with zero attached hydrogens (tertiary/aromatic N) is 5. The van der Waals surface area contributed by atoms with E-state index in [4.69, 9.17) is 9.97 Å². The molecule has 0 aliphatic carbocycles. The van der Waals surface area contributed by atoms with Gasteiger partial charge in [0.05, 0.1) is 39.5 Å². The summed E-state index contributed by atoms with van der Waals surface area (Å²) in [5.41, 5.74) is 9.20. The quantitative estimate of drug-likeness (QED) is 0.239. The number of fused-ring (bicyclic) bond motifs is 3. The second kappa shape index (κ2) is 9.30. The Labute approximate surface area is 219 Å². The maximum absolute atomic E-state index is 4.99. The molecule has 5 heteroatoms. The SMILES string of the molecule is c1ccc(-c2cc(-c3ccc(-c4ccc5ccc6cccnc6c5n4)cc3)cc(-c3ccccn3)n2)nc1. The van der Waals surface area contributed by atoms with E-state index in [1.165, 1.54) is 0 Å². The summed E-state index contributed by atoms with van der Waals surface area (Å²) in [6.07, 6.45) is 5.39. The number of pyridine rings is 5. The summed E-state index contributed by atoms with van der Waals surface area (Å²) in [5, 5.41) is 2.17. The normalized spacial score (nSPS) is 11.2. The fourth-order valence-corrected chi connectivity index (χ4v) is 4.71. The number of hydrogen-bond acceptors (Lipinski definition) is 5. The lowest BCUT2D eigenvalue weighted by Gasteiger charge is -2.10. The molecule has 178 valence electrons. The maximum atomic E-state index is 4.99. The van der Waals surface area contributed by atoms with Gasteiger partial charge in [-0.15, -0.1) is 0 Å². The van der Waals surface area contributed by atoms with Gasteiger partial charge in [-0.2, -0.15) is 0 Å². The van der Waals surface area contributed by atoms with Crippen molar-refractivity contribution in [2.45, 2.75) is 0 Å². The number of aromatic nitrogens is 5. The molecule has 0 spiro atoms. The summed E-state index contributed by atoms with van der Waals surface area (Å²) in [5.74, 6) is 0. The molecule has 0 saturated heterocycles. The van der Waals surface area contributed by atoms with Gasteiger partial charge in [0.1, 0.15) is 0 Å². The standard InChI is InChI=1S/C33H21N5/c1-3-17-34-28(7-1)30-20-26(21-31(37-30)29-8-2-4-18-35-29)22-9-11-23(12-10-22)27-16-15-25-14-13-24-6-5-19-36-32(24)33(25)38-27/h1-21H. The van der Waals surface area contributed by atoms with Gasteiger partial charge in [-0.1, -0.05) is 60.7 Å². The Hall–Kier alpha value is -5.29. The Morgan fingerprint density at radius 2 is 0.947 bits per heavy atom. The van der Waals surface area contributed by atoms with Crippen LogP contribution in [-0.2, 0) is 0 Å². The molecule has 0 aliphatic rings. The zero-order valence-corrected chi connectivity index (χ0v) is 20.4. The minimum absolute atomic E-state index is 0.809. The Bertz CT molecular complexity index is 1840. The molecule has 0 radical (unpaired) electrons. The molecular weight excluding hydrogens is 466 g/mol. The molecule has 5 heterocycles. The number of benzene rings is 2. The van der Waals surface area contributed by atoms with Crippen LogP contribution >= 0.6 is 0 Å². The van der Waals surface area contributed by atoms with Crippen molar-refractivity contribution in [3.05, 3.63) is 128 Å². The summed E-state index contributed by atoms with van der Waals surface area (Å²) in [6.45, 7) is 0. The van der Waals surface area contributed by atoms with Crippen LogP contribution in [0, 0.1) is 0 Å². The molecule has 7 rings (SSSR count). The van der Waals surface area contributed by atoms with Crippen molar-refractivity contribution >= 4 is 21.8 Å². The lowest BCUT2D eigenvalue weighted by atomic mass is 10.00. The minimum Gasteiger partial charge on any atom is -0.255 e. The summed E-state index contributed by atoms with van der Waals surface area (Å²) in [6, 6.07) is 36.7. The zero-order chi connectivity index (χ0) is 25.3. The predicted octanol–water partition coefficient (Wildman–Crippen LogP) is 7.64. The molecule has 38 heavy (non-hydrogen) atoms. The topological polar surface area (TPSA) is 64.5 Å². The minimum atomic E-state index is 0.809. The van der Waals surface area contributed by atoms with E-state index < -0.39 is 0 Å². The third kappa shape index (κ3) is 4.06. The lowest BCUT2D eigenvalue weighted by Crippen LogP contribution is -1.94. The molecule has 2 aromatic carbocycles. The second-order valence-electron chi connectivity index (χ2n) is 9.04. The van der Waals surface area contributed by atoms with Crippen LogP contribution in [0.2, 0.25) is 0 Å². The van der Waals surface area contributed by atoms with Gasteiger partial charge in [-0.25, -0.2) is 9.97 Å². The lowest BCUT2D eigenvalue weighted by molar-refractivity contribution is 1.22. The third-order valence-electron chi connectivity index (χ3n) is 6.63. The Morgan fingerprint density at radius 1 is 0.342 bits per heavy atom. The molecule has 5 aromatic heterocycles. The van der Waals surface area contributed by atoms with Crippen molar-refractivity contribution in [2.24, 2.45) is 0 Å². The molecular formula is C33H21N5. The highest BCUT2D eigenvalue weighted by Gasteiger charge is 2.11. The molecule has 0 saturated carbocycles. The van der Waals surface area contributed by atoms with Crippen molar-refractivity contribution in [2.75, 3.05) is 0 Å². The van der Waals surface area contributed by atoms with E-state index in [0.717, 1.165) is 67.0 Å². The van der Waals surface area contributed by atoms with E-state index in [1.807, 2.05) is 48.7 Å². The first-order chi connectivity index (χ1) is 18.8. The van der Waals surface area contributed by atoms with Crippen molar-refractivity contribution in [1.82, 2.24) is 24.9 Å². The summed E-state index contributed by atoms with van der Waals surface area (Å²) < 4.78 is 0. The average Bonchev–Trinajstić information content (AvgIpc) is 3.01. The van der Waals surface area contributed by atoms with Crippen molar-refractivity contribution in [3.63, 3.8) is 0 Å². The molecule has 0 fully saturated rings. The highest BCUT2D eigenvalue weighted by atomic mass is 14.8. The zero-order valence-electron chi connectivity index (χ0n) is 20.4. The van der Waals surface area contributed by atoms with Gasteiger partial charge in [0.15, 0.2) is 0 Å². The molecule has 0 N–H and O–H groups in total. The Morgan fingerprint density at radius 3 is 1.61 bits per heavy atom. The first-order valence-electron chi connectivity index (χ1n) is 12.4. The van der Waals surface area contributed by atoms with Crippen molar-refractivity contribution < 1.29 is 0 Å². The molecule has 0 bridgehead atoms. The van der Waals surface area contributed by atoms with E-state index in [9.17, 15) is 0 Å². The Balaban J connectivity index is 1.30. The van der Waals surface area contributed by atoms with Crippen LogP contribution in [0.15, 0.2) is 128 Å². The largest absolute Gasteiger partial charge is 0.255 e. The highest BCUT2D eigenvalue weighted by Crippen LogP contribution is 2.31. The first-order valence-corrected chi connectivity index (χ1v) is 12.4. The molecule has 0 amide bonds. The van der Waals surface area contributed by atoms with Crippen LogP contribution in [0.1, 0.15) is 0 Å². The van der Waals surface area contributed by atoms with Gasteiger partial charge in [-0.05, 0) is 59.7 Å². The fraction of sp³-hybridized carbons (Fsp3) is 0. The van der Waals surface area contributed by atoms with Gasteiger partial charge in [0, 0.05) is 34.9 Å². The molecule has 7 aromatic rings.